The topological polar surface area (TPSA) is 35.5 Å². The molecule has 0 N–H and O–H groups in total. The Morgan fingerprint density at radius 2 is 2.00 bits per heavy atom. The highest BCUT2D eigenvalue weighted by molar-refractivity contribution is 5.86. The summed E-state index contributed by atoms with van der Waals surface area (Å²) < 4.78 is 9.93. The summed E-state index contributed by atoms with van der Waals surface area (Å²) in [7, 11) is 3.08. The molecule has 0 aromatic carbocycles. The van der Waals surface area contributed by atoms with E-state index < -0.39 is 5.60 Å². The average Bonchev–Trinajstić information content (AvgIpc) is 2.03. The van der Waals surface area contributed by atoms with Crippen molar-refractivity contribution in [3.05, 3.63) is 0 Å². The summed E-state index contributed by atoms with van der Waals surface area (Å²) in [5.74, 6) is 0.0712. The molecule has 66 valence electrons. The Morgan fingerprint density at radius 3 is 2.27 bits per heavy atom. The monoisotopic (exact) mass is 160 g/mol. The zero-order valence-electron chi connectivity index (χ0n) is 7.64. The van der Waals surface area contributed by atoms with E-state index in [2.05, 4.69) is 0 Å². The van der Waals surface area contributed by atoms with E-state index in [1.165, 1.54) is 7.11 Å². The van der Waals surface area contributed by atoms with Crippen LogP contribution < -0.4 is 0 Å². The van der Waals surface area contributed by atoms with Gasteiger partial charge in [0.2, 0.25) is 0 Å². The molecule has 0 aromatic rings. The molecular formula is C8H16O3. The lowest BCUT2D eigenvalue weighted by Crippen LogP contribution is -2.41. The van der Waals surface area contributed by atoms with Gasteiger partial charge in [-0.2, -0.15) is 0 Å². The second kappa shape index (κ2) is 4.46. The normalized spacial score (nSPS) is 16.0. The van der Waals surface area contributed by atoms with Gasteiger partial charge in [0.1, 0.15) is 5.60 Å². The highest BCUT2D eigenvalue weighted by Crippen LogP contribution is 2.12. The van der Waals surface area contributed by atoms with E-state index in [1.54, 1.807) is 14.0 Å². The maximum atomic E-state index is 11.2. The first kappa shape index (κ1) is 10.6. The Balaban J connectivity index is 4.19. The Kier molecular flexibility index (Phi) is 4.30. The summed E-state index contributed by atoms with van der Waals surface area (Å²) in [5, 5.41) is 0. The van der Waals surface area contributed by atoms with Crippen LogP contribution in [0.2, 0.25) is 0 Å². The molecule has 1 unspecified atom stereocenters. The Labute approximate surface area is 67.7 Å². The first-order valence-electron chi connectivity index (χ1n) is 3.68. The molecule has 0 aliphatic carbocycles. The van der Waals surface area contributed by atoms with E-state index in [-0.39, 0.29) is 5.78 Å². The molecule has 0 radical (unpaired) electrons. The van der Waals surface area contributed by atoms with Crippen molar-refractivity contribution in [3.63, 3.8) is 0 Å². The van der Waals surface area contributed by atoms with E-state index in [4.69, 9.17) is 9.47 Å². The lowest BCUT2D eigenvalue weighted by Gasteiger charge is -2.24. The van der Waals surface area contributed by atoms with Crippen molar-refractivity contribution in [2.45, 2.75) is 25.9 Å². The van der Waals surface area contributed by atoms with Crippen LogP contribution in [0.1, 0.15) is 20.3 Å². The highest BCUT2D eigenvalue weighted by Gasteiger charge is 2.30. The van der Waals surface area contributed by atoms with Crippen LogP contribution in [-0.2, 0) is 14.3 Å². The smallest absolute Gasteiger partial charge is 0.166 e. The van der Waals surface area contributed by atoms with Crippen LogP contribution in [-0.4, -0.2) is 32.2 Å². The molecule has 0 bridgehead atoms. The van der Waals surface area contributed by atoms with Gasteiger partial charge in [0.25, 0.3) is 0 Å². The molecule has 0 saturated heterocycles. The molecule has 0 fully saturated rings. The number of ketones is 1. The first-order chi connectivity index (χ1) is 5.10. The molecule has 0 heterocycles. The van der Waals surface area contributed by atoms with Gasteiger partial charge in [0.15, 0.2) is 5.78 Å². The van der Waals surface area contributed by atoms with E-state index in [9.17, 15) is 4.79 Å². The molecular weight excluding hydrogens is 144 g/mol. The van der Waals surface area contributed by atoms with Gasteiger partial charge < -0.3 is 9.47 Å². The van der Waals surface area contributed by atoms with Gasteiger partial charge in [0, 0.05) is 20.6 Å². The Hall–Kier alpha value is -0.410. The number of carbonyl (C=O) groups excluding carboxylic acids is 1. The minimum absolute atomic E-state index is 0.0712. The average molecular weight is 160 g/mol. The predicted molar refractivity (Wildman–Crippen MR) is 42.6 cm³/mol. The van der Waals surface area contributed by atoms with Gasteiger partial charge in [-0.25, -0.2) is 0 Å². The molecule has 0 aliphatic heterocycles. The van der Waals surface area contributed by atoms with Crippen molar-refractivity contribution < 1.29 is 14.3 Å². The van der Waals surface area contributed by atoms with E-state index in [0.717, 1.165) is 0 Å². The number of hydrogen-bond donors (Lipinski definition) is 0. The second-order valence-corrected chi connectivity index (χ2v) is 2.64. The van der Waals surface area contributed by atoms with Crippen LogP contribution in [0.5, 0.6) is 0 Å². The second-order valence-electron chi connectivity index (χ2n) is 2.64. The highest BCUT2D eigenvalue weighted by atomic mass is 16.5. The zero-order chi connectivity index (χ0) is 8.91. The SMILES string of the molecule is CCC(=O)C(C)(COC)OC. The van der Waals surface area contributed by atoms with E-state index >= 15 is 0 Å². The summed E-state index contributed by atoms with van der Waals surface area (Å²) in [6.45, 7) is 3.87. The fourth-order valence-corrected chi connectivity index (χ4v) is 0.903. The fourth-order valence-electron chi connectivity index (χ4n) is 0.903. The third-order valence-corrected chi connectivity index (χ3v) is 1.78. The van der Waals surface area contributed by atoms with E-state index in [1.807, 2.05) is 6.92 Å². The summed E-state index contributed by atoms with van der Waals surface area (Å²) >= 11 is 0. The predicted octanol–water partition coefficient (Wildman–Crippen LogP) is 1.02. The molecule has 3 heteroatoms. The number of ether oxygens (including phenoxy) is 2. The van der Waals surface area contributed by atoms with Gasteiger partial charge in [-0.3, -0.25) is 4.79 Å². The molecule has 0 spiro atoms. The molecule has 3 nitrogen and oxygen atoms in total. The van der Waals surface area contributed by atoms with Gasteiger partial charge in [-0.1, -0.05) is 6.92 Å². The van der Waals surface area contributed by atoms with Crippen molar-refractivity contribution in [1.29, 1.82) is 0 Å². The Morgan fingerprint density at radius 1 is 1.45 bits per heavy atom. The largest absolute Gasteiger partial charge is 0.381 e. The van der Waals surface area contributed by atoms with Crippen LogP contribution in [0.4, 0.5) is 0 Å². The van der Waals surface area contributed by atoms with Gasteiger partial charge in [-0.15, -0.1) is 0 Å². The van der Waals surface area contributed by atoms with Gasteiger partial charge in [0.05, 0.1) is 6.61 Å². The molecule has 0 saturated carbocycles. The quantitative estimate of drug-likeness (QED) is 0.602. The zero-order valence-corrected chi connectivity index (χ0v) is 7.64. The van der Waals surface area contributed by atoms with Crippen molar-refractivity contribution >= 4 is 5.78 Å². The van der Waals surface area contributed by atoms with E-state index in [0.29, 0.717) is 13.0 Å². The standard InChI is InChI=1S/C8H16O3/c1-5-7(9)8(2,11-4)6-10-3/h5-6H2,1-4H3. The molecule has 1 atom stereocenters. The molecule has 11 heavy (non-hydrogen) atoms. The van der Waals surface area contributed by atoms with Crippen LogP contribution >= 0.6 is 0 Å². The minimum Gasteiger partial charge on any atom is -0.381 e. The maximum Gasteiger partial charge on any atom is 0.166 e. The van der Waals surface area contributed by atoms with Gasteiger partial charge >= 0.3 is 0 Å². The van der Waals surface area contributed by atoms with Crippen LogP contribution in [0, 0.1) is 0 Å². The number of carbonyl (C=O) groups is 1. The lowest BCUT2D eigenvalue weighted by molar-refractivity contribution is -0.144. The summed E-state index contributed by atoms with van der Waals surface area (Å²) in [5.41, 5.74) is -0.760. The van der Waals surface area contributed by atoms with Crippen molar-refractivity contribution in [1.82, 2.24) is 0 Å². The van der Waals surface area contributed by atoms with Crippen LogP contribution in [0.3, 0.4) is 0 Å². The molecule has 0 amide bonds. The summed E-state index contributed by atoms with van der Waals surface area (Å²) in [6.07, 6.45) is 0.480. The first-order valence-corrected chi connectivity index (χ1v) is 3.68. The third kappa shape index (κ3) is 2.60. The van der Waals surface area contributed by atoms with Gasteiger partial charge in [-0.05, 0) is 6.92 Å². The van der Waals surface area contributed by atoms with Crippen molar-refractivity contribution in [2.24, 2.45) is 0 Å². The Bertz CT molecular complexity index is 133. The number of hydrogen-bond acceptors (Lipinski definition) is 3. The van der Waals surface area contributed by atoms with Crippen LogP contribution in [0.25, 0.3) is 0 Å². The molecule has 0 aliphatic rings. The molecule has 0 aromatic heterocycles. The lowest BCUT2D eigenvalue weighted by atomic mass is 10.00. The minimum atomic E-state index is -0.760. The van der Waals surface area contributed by atoms with Crippen molar-refractivity contribution in [3.8, 4) is 0 Å². The number of Topliss-reactive ketones (excluding diaryl/α,β-unsaturated/α-hetero) is 1. The summed E-state index contributed by atoms with van der Waals surface area (Å²) in [6, 6.07) is 0. The number of rotatable bonds is 5. The third-order valence-electron chi connectivity index (χ3n) is 1.78. The van der Waals surface area contributed by atoms with Crippen molar-refractivity contribution in [2.75, 3.05) is 20.8 Å². The number of methoxy groups -OCH3 is 2. The fraction of sp³-hybridized carbons (Fsp3) is 0.875. The van der Waals surface area contributed by atoms with Crippen LogP contribution in [0.15, 0.2) is 0 Å². The molecule has 0 rings (SSSR count). The summed E-state index contributed by atoms with van der Waals surface area (Å²) in [4.78, 5) is 11.2. The maximum absolute atomic E-state index is 11.2.